The first kappa shape index (κ1) is 25.0. The van der Waals surface area contributed by atoms with Crippen molar-refractivity contribution in [1.29, 1.82) is 0 Å². The number of hydrogen-bond donors (Lipinski definition) is 1. The molecule has 1 aliphatic heterocycles. The lowest BCUT2D eigenvalue weighted by Gasteiger charge is -2.29. The third kappa shape index (κ3) is 4.51. The highest BCUT2D eigenvalue weighted by Gasteiger charge is 2.58. The number of benzene rings is 2. The Labute approximate surface area is 221 Å². The number of nitrogens with zero attached hydrogens (tertiary/aromatic N) is 1. The van der Waals surface area contributed by atoms with Crippen molar-refractivity contribution < 1.29 is 23.9 Å². The second-order valence-electron chi connectivity index (χ2n) is 9.22. The third-order valence-electron chi connectivity index (χ3n) is 6.92. The number of carbonyl (C=O) groups is 3. The zero-order valence-electron chi connectivity index (χ0n) is 20.1. The summed E-state index contributed by atoms with van der Waals surface area (Å²) in [5, 5.41) is 14.2. The summed E-state index contributed by atoms with van der Waals surface area (Å²) in [5.74, 6) is -4.14. The molecule has 2 aromatic carbocycles. The van der Waals surface area contributed by atoms with Gasteiger partial charge in [0.2, 0.25) is 0 Å². The lowest BCUT2D eigenvalue weighted by molar-refractivity contribution is -0.142. The fourth-order valence-corrected chi connectivity index (χ4v) is 7.05. The first-order valence-electron chi connectivity index (χ1n) is 11.8. The average Bonchev–Trinajstić information content (AvgIpc) is 3.62. The van der Waals surface area contributed by atoms with E-state index in [1.54, 1.807) is 35.7 Å². The number of amides is 1. The number of halogens is 1. The smallest absolute Gasteiger partial charge is 0.327 e. The van der Waals surface area contributed by atoms with E-state index in [0.717, 1.165) is 16.0 Å². The number of aryl methyl sites for hydroxylation is 2. The fourth-order valence-electron chi connectivity index (χ4n) is 5.31. The molecule has 0 spiro atoms. The Balaban J connectivity index is 1.78. The molecule has 8 heteroatoms. The monoisotopic (exact) mass is 533 g/mol. The number of rotatable bonds is 6. The predicted octanol–water partition coefficient (Wildman–Crippen LogP) is 6.50. The Morgan fingerprint density at radius 2 is 1.68 bits per heavy atom. The summed E-state index contributed by atoms with van der Waals surface area (Å²) < 4.78 is 13.9. The number of likely N-dealkylation sites (tertiary alicyclic amines) is 1. The molecule has 1 saturated heterocycles. The number of carboxylic acid groups (broad SMARTS) is 1. The fraction of sp³-hybridized carbons (Fsp3) is 0.207. The van der Waals surface area contributed by atoms with Crippen LogP contribution in [0.3, 0.4) is 0 Å². The maximum absolute atomic E-state index is 14.3. The Hall–Kier alpha value is -3.62. The van der Waals surface area contributed by atoms with E-state index in [0.29, 0.717) is 16.0 Å². The van der Waals surface area contributed by atoms with Gasteiger partial charge >= 0.3 is 5.97 Å². The Kier molecular flexibility index (Phi) is 6.79. The molecule has 5 rings (SSSR count). The molecule has 0 radical (unpaired) electrons. The molecule has 1 aliphatic rings. The standard InChI is InChI=1S/C29H24FNO4S2/c1-16-5-3-6-19(15-16)26(32)23-22(18-8-10-20(30)11-9-18)25(29(34)35)31(28(33)21-7-4-13-36-21)24(23)27-17(2)12-14-37-27/h3-15,22-25H,1-2H3,(H,34,35). The summed E-state index contributed by atoms with van der Waals surface area (Å²) in [4.78, 5) is 43.7. The molecule has 3 heterocycles. The summed E-state index contributed by atoms with van der Waals surface area (Å²) in [7, 11) is 0. The highest BCUT2D eigenvalue weighted by atomic mass is 32.1. The molecule has 4 unspecified atom stereocenters. The summed E-state index contributed by atoms with van der Waals surface area (Å²) >= 11 is 2.63. The largest absolute Gasteiger partial charge is 0.480 e. The first-order valence-corrected chi connectivity index (χ1v) is 13.5. The minimum Gasteiger partial charge on any atom is -0.480 e. The predicted molar refractivity (Wildman–Crippen MR) is 142 cm³/mol. The van der Waals surface area contributed by atoms with E-state index in [2.05, 4.69) is 0 Å². The van der Waals surface area contributed by atoms with Crippen LogP contribution in [0, 0.1) is 25.6 Å². The van der Waals surface area contributed by atoms with Gasteiger partial charge in [0.1, 0.15) is 11.9 Å². The lowest BCUT2D eigenvalue weighted by atomic mass is 9.77. The zero-order chi connectivity index (χ0) is 26.3. The topological polar surface area (TPSA) is 74.7 Å². The molecule has 0 saturated carbocycles. The maximum Gasteiger partial charge on any atom is 0.327 e. The summed E-state index contributed by atoms with van der Waals surface area (Å²) in [5.41, 5.74) is 2.73. The summed E-state index contributed by atoms with van der Waals surface area (Å²) in [6.07, 6.45) is 0. The summed E-state index contributed by atoms with van der Waals surface area (Å²) in [6.45, 7) is 3.78. The number of carboxylic acids is 1. The van der Waals surface area contributed by atoms with Gasteiger partial charge in [-0.3, -0.25) is 9.59 Å². The van der Waals surface area contributed by atoms with Gasteiger partial charge in [0.15, 0.2) is 5.78 Å². The summed E-state index contributed by atoms with van der Waals surface area (Å²) in [6, 6.07) is 15.9. The normalized spacial score (nSPS) is 21.2. The Morgan fingerprint density at radius 1 is 0.919 bits per heavy atom. The molecule has 188 valence electrons. The highest BCUT2D eigenvalue weighted by molar-refractivity contribution is 7.12. The molecule has 4 atom stereocenters. The van der Waals surface area contributed by atoms with Crippen molar-refractivity contribution in [3.05, 3.63) is 115 Å². The minimum absolute atomic E-state index is 0.247. The van der Waals surface area contributed by atoms with Crippen molar-refractivity contribution in [2.75, 3.05) is 0 Å². The van der Waals surface area contributed by atoms with Gasteiger partial charge in [0, 0.05) is 16.4 Å². The molecule has 1 amide bonds. The SMILES string of the molecule is Cc1cccc(C(=O)C2C(c3ccc(F)cc3)C(C(=O)O)N(C(=O)c3cccs3)C2c2sccc2C)c1. The van der Waals surface area contributed by atoms with Crippen LogP contribution in [-0.4, -0.2) is 33.7 Å². The van der Waals surface area contributed by atoms with Gasteiger partial charge in [-0.25, -0.2) is 9.18 Å². The molecule has 37 heavy (non-hydrogen) atoms. The molecule has 5 nitrogen and oxygen atoms in total. The second kappa shape index (κ2) is 10.0. The van der Waals surface area contributed by atoms with Crippen molar-refractivity contribution in [3.63, 3.8) is 0 Å². The molecule has 0 aliphatic carbocycles. The maximum atomic E-state index is 14.3. The van der Waals surface area contributed by atoms with Crippen LogP contribution in [0.5, 0.6) is 0 Å². The van der Waals surface area contributed by atoms with Gasteiger partial charge in [0.05, 0.1) is 16.8 Å². The second-order valence-corrected chi connectivity index (χ2v) is 11.1. The molecule has 0 bridgehead atoms. The van der Waals surface area contributed by atoms with Gasteiger partial charge in [-0.05, 0) is 66.1 Å². The van der Waals surface area contributed by atoms with E-state index in [-0.39, 0.29) is 5.78 Å². The van der Waals surface area contributed by atoms with E-state index < -0.39 is 41.6 Å². The van der Waals surface area contributed by atoms with Crippen LogP contribution >= 0.6 is 22.7 Å². The number of Topliss-reactive ketones (excluding diaryl/α,β-unsaturated/α-hetero) is 1. The lowest BCUT2D eigenvalue weighted by Crippen LogP contribution is -2.43. The van der Waals surface area contributed by atoms with Crippen LogP contribution < -0.4 is 0 Å². The van der Waals surface area contributed by atoms with Crippen LogP contribution in [0.15, 0.2) is 77.5 Å². The number of hydrogen-bond acceptors (Lipinski definition) is 5. The van der Waals surface area contributed by atoms with E-state index >= 15 is 0 Å². The Bertz CT molecular complexity index is 1460. The number of ketones is 1. The van der Waals surface area contributed by atoms with Crippen LogP contribution in [0.1, 0.15) is 53.6 Å². The number of thiophene rings is 2. The van der Waals surface area contributed by atoms with Crippen molar-refractivity contribution in [3.8, 4) is 0 Å². The molecule has 4 aromatic rings. The first-order chi connectivity index (χ1) is 17.8. The number of carbonyl (C=O) groups excluding carboxylic acids is 2. The third-order valence-corrected chi connectivity index (χ3v) is 8.86. The molecule has 1 fully saturated rings. The minimum atomic E-state index is -1.33. The molecule has 2 aromatic heterocycles. The van der Waals surface area contributed by atoms with Gasteiger partial charge in [0.25, 0.3) is 5.91 Å². The highest BCUT2D eigenvalue weighted by Crippen LogP contribution is 2.53. The van der Waals surface area contributed by atoms with Crippen molar-refractivity contribution in [1.82, 2.24) is 4.90 Å². The van der Waals surface area contributed by atoms with Crippen molar-refractivity contribution in [2.45, 2.75) is 31.8 Å². The quantitative estimate of drug-likeness (QED) is 0.287. The van der Waals surface area contributed by atoms with Crippen LogP contribution in [0.2, 0.25) is 0 Å². The van der Waals surface area contributed by atoms with Crippen LogP contribution in [0.4, 0.5) is 4.39 Å². The number of aliphatic carboxylic acids is 1. The van der Waals surface area contributed by atoms with Gasteiger partial charge in [-0.15, -0.1) is 22.7 Å². The van der Waals surface area contributed by atoms with Gasteiger partial charge < -0.3 is 10.0 Å². The molecular formula is C29H24FNO4S2. The van der Waals surface area contributed by atoms with E-state index in [4.69, 9.17) is 0 Å². The zero-order valence-corrected chi connectivity index (χ0v) is 21.8. The van der Waals surface area contributed by atoms with Crippen LogP contribution in [0.25, 0.3) is 0 Å². The van der Waals surface area contributed by atoms with Crippen molar-refractivity contribution >= 4 is 40.3 Å². The van der Waals surface area contributed by atoms with Crippen molar-refractivity contribution in [2.24, 2.45) is 5.92 Å². The average molecular weight is 534 g/mol. The Morgan fingerprint density at radius 3 is 2.27 bits per heavy atom. The molecular weight excluding hydrogens is 509 g/mol. The van der Waals surface area contributed by atoms with E-state index in [1.165, 1.54) is 51.8 Å². The van der Waals surface area contributed by atoms with E-state index in [1.807, 2.05) is 31.4 Å². The van der Waals surface area contributed by atoms with Crippen LogP contribution in [-0.2, 0) is 4.79 Å². The van der Waals surface area contributed by atoms with E-state index in [9.17, 15) is 23.9 Å². The van der Waals surface area contributed by atoms with Gasteiger partial charge in [-0.1, -0.05) is 42.0 Å². The van der Waals surface area contributed by atoms with Gasteiger partial charge in [-0.2, -0.15) is 0 Å². The molecule has 1 N–H and O–H groups in total.